The van der Waals surface area contributed by atoms with Gasteiger partial charge in [0.25, 0.3) is 0 Å². The number of hydrogen-bond acceptors (Lipinski definition) is 4. The Morgan fingerprint density at radius 3 is 2.65 bits per heavy atom. The summed E-state index contributed by atoms with van der Waals surface area (Å²) in [6.07, 6.45) is 4.30. The lowest BCUT2D eigenvalue weighted by Gasteiger charge is -2.35. The number of nitrogens with zero attached hydrogens (tertiary/aromatic N) is 1. The van der Waals surface area contributed by atoms with Crippen LogP contribution in [0.2, 0.25) is 0 Å². The molecule has 114 valence electrons. The van der Waals surface area contributed by atoms with E-state index in [0.717, 1.165) is 12.8 Å². The van der Waals surface area contributed by atoms with Crippen molar-refractivity contribution in [3.8, 4) is 0 Å². The minimum absolute atomic E-state index is 0.307. The average Bonchev–Trinajstić information content (AvgIpc) is 2.37. The van der Waals surface area contributed by atoms with E-state index in [-0.39, 0.29) is 5.97 Å². The van der Waals surface area contributed by atoms with E-state index in [2.05, 4.69) is 6.58 Å². The number of esters is 1. The fourth-order valence-electron chi connectivity index (χ4n) is 2.05. The summed E-state index contributed by atoms with van der Waals surface area (Å²) in [6.45, 7) is 9.86. The van der Waals surface area contributed by atoms with Crippen LogP contribution in [0.5, 0.6) is 0 Å². The number of amides is 1. The highest BCUT2D eigenvalue weighted by Gasteiger charge is 2.35. The molecule has 1 aliphatic rings. The maximum absolute atomic E-state index is 12.1. The van der Waals surface area contributed by atoms with E-state index in [1.54, 1.807) is 6.08 Å². The normalized spacial score (nSPS) is 19.4. The molecule has 0 aliphatic carbocycles. The number of piperidine rings is 1. The van der Waals surface area contributed by atoms with Crippen LogP contribution in [0.3, 0.4) is 0 Å². The largest absolute Gasteiger partial charge is 0.464 e. The van der Waals surface area contributed by atoms with Crippen LogP contribution in [0.15, 0.2) is 12.7 Å². The van der Waals surface area contributed by atoms with Gasteiger partial charge in [0.2, 0.25) is 0 Å². The number of likely N-dealkylation sites (tertiary alicyclic amines) is 1. The molecule has 0 bridgehead atoms. The van der Waals surface area contributed by atoms with Gasteiger partial charge in [-0.2, -0.15) is 0 Å². The van der Waals surface area contributed by atoms with Crippen molar-refractivity contribution >= 4 is 12.1 Å². The van der Waals surface area contributed by atoms with Crippen molar-refractivity contribution in [3.63, 3.8) is 0 Å². The maximum Gasteiger partial charge on any atom is 0.411 e. The van der Waals surface area contributed by atoms with E-state index in [9.17, 15) is 9.59 Å². The lowest BCUT2D eigenvalue weighted by atomic mass is 10.0. The van der Waals surface area contributed by atoms with E-state index < -0.39 is 17.7 Å². The molecule has 0 unspecified atom stereocenters. The molecule has 1 amide bonds. The van der Waals surface area contributed by atoms with Gasteiger partial charge in [-0.05, 0) is 46.5 Å². The Kier molecular flexibility index (Phi) is 6.05. The lowest BCUT2D eigenvalue weighted by molar-refractivity contribution is -0.151. The van der Waals surface area contributed by atoms with Gasteiger partial charge in [0.1, 0.15) is 11.6 Å². The molecule has 1 fully saturated rings. The van der Waals surface area contributed by atoms with Crippen LogP contribution in [-0.4, -0.2) is 41.8 Å². The van der Waals surface area contributed by atoms with E-state index in [4.69, 9.17) is 9.47 Å². The van der Waals surface area contributed by atoms with Gasteiger partial charge < -0.3 is 9.47 Å². The lowest BCUT2D eigenvalue weighted by Crippen LogP contribution is -2.50. The van der Waals surface area contributed by atoms with E-state index >= 15 is 0 Å². The minimum atomic E-state index is -0.564. The summed E-state index contributed by atoms with van der Waals surface area (Å²) in [5.74, 6) is -0.350. The van der Waals surface area contributed by atoms with Crippen molar-refractivity contribution in [1.82, 2.24) is 4.90 Å². The molecule has 20 heavy (non-hydrogen) atoms. The first-order valence-corrected chi connectivity index (χ1v) is 7.12. The van der Waals surface area contributed by atoms with Crippen LogP contribution in [0.25, 0.3) is 0 Å². The van der Waals surface area contributed by atoms with Crippen LogP contribution in [0.4, 0.5) is 4.79 Å². The number of carbonyl (C=O) groups excluding carboxylic acids is 2. The predicted molar refractivity (Wildman–Crippen MR) is 76.4 cm³/mol. The smallest absolute Gasteiger partial charge is 0.411 e. The molecule has 0 aromatic rings. The summed E-state index contributed by atoms with van der Waals surface area (Å²) < 4.78 is 10.5. The number of hydrogen-bond donors (Lipinski definition) is 0. The first-order chi connectivity index (χ1) is 9.35. The molecule has 0 N–H and O–H groups in total. The zero-order valence-corrected chi connectivity index (χ0v) is 12.7. The Bertz CT molecular complexity index is 359. The van der Waals surface area contributed by atoms with Gasteiger partial charge in [0, 0.05) is 6.54 Å². The molecule has 1 aliphatic heterocycles. The van der Waals surface area contributed by atoms with Gasteiger partial charge in [-0.15, -0.1) is 6.58 Å². The van der Waals surface area contributed by atoms with Crippen molar-refractivity contribution in [2.75, 3.05) is 13.2 Å². The second-order valence-corrected chi connectivity index (χ2v) is 5.93. The molecule has 0 aromatic heterocycles. The topological polar surface area (TPSA) is 55.8 Å². The summed E-state index contributed by atoms with van der Waals surface area (Å²) in [5.41, 5.74) is -0.564. The summed E-state index contributed by atoms with van der Waals surface area (Å²) in [5, 5.41) is 0. The summed E-state index contributed by atoms with van der Waals surface area (Å²) in [4.78, 5) is 25.7. The molecular weight excluding hydrogens is 258 g/mol. The second kappa shape index (κ2) is 7.31. The minimum Gasteiger partial charge on any atom is -0.464 e. The van der Waals surface area contributed by atoms with Crippen LogP contribution in [0.1, 0.15) is 46.5 Å². The highest BCUT2D eigenvalue weighted by molar-refractivity contribution is 5.81. The molecule has 5 heteroatoms. The van der Waals surface area contributed by atoms with Crippen LogP contribution >= 0.6 is 0 Å². The molecule has 1 atom stereocenters. The van der Waals surface area contributed by atoms with Crippen LogP contribution in [-0.2, 0) is 14.3 Å². The highest BCUT2D eigenvalue weighted by atomic mass is 16.6. The first kappa shape index (κ1) is 16.5. The molecular formula is C15H25NO4. The molecule has 1 saturated heterocycles. The third kappa shape index (κ3) is 5.23. The average molecular weight is 283 g/mol. The number of rotatable bonds is 4. The first-order valence-electron chi connectivity index (χ1n) is 7.12. The van der Waals surface area contributed by atoms with Gasteiger partial charge in [-0.25, -0.2) is 9.59 Å². The molecule has 0 saturated carbocycles. The van der Waals surface area contributed by atoms with Crippen molar-refractivity contribution in [1.29, 1.82) is 0 Å². The fraction of sp³-hybridized carbons (Fsp3) is 0.733. The highest BCUT2D eigenvalue weighted by Crippen LogP contribution is 2.21. The van der Waals surface area contributed by atoms with Gasteiger partial charge in [0.15, 0.2) is 0 Å². The van der Waals surface area contributed by atoms with Gasteiger partial charge in [-0.3, -0.25) is 4.90 Å². The third-order valence-corrected chi connectivity index (χ3v) is 2.97. The molecule has 0 aromatic carbocycles. The maximum atomic E-state index is 12.1. The zero-order chi connectivity index (χ0) is 15.2. The van der Waals surface area contributed by atoms with Gasteiger partial charge >= 0.3 is 12.1 Å². The van der Waals surface area contributed by atoms with E-state index in [1.807, 2.05) is 20.8 Å². The molecule has 1 rings (SSSR count). The molecule has 0 spiro atoms. The molecule has 5 nitrogen and oxygen atoms in total. The Labute approximate surface area is 120 Å². The van der Waals surface area contributed by atoms with Crippen molar-refractivity contribution in [3.05, 3.63) is 12.7 Å². The monoisotopic (exact) mass is 283 g/mol. The summed E-state index contributed by atoms with van der Waals surface area (Å²) in [6, 6.07) is -0.525. The third-order valence-electron chi connectivity index (χ3n) is 2.97. The summed E-state index contributed by atoms with van der Waals surface area (Å²) in [7, 11) is 0. The fourth-order valence-corrected chi connectivity index (χ4v) is 2.05. The van der Waals surface area contributed by atoms with Crippen molar-refractivity contribution in [2.24, 2.45) is 0 Å². The van der Waals surface area contributed by atoms with Crippen molar-refractivity contribution in [2.45, 2.75) is 58.1 Å². The van der Waals surface area contributed by atoms with Crippen LogP contribution < -0.4 is 0 Å². The van der Waals surface area contributed by atoms with E-state index in [1.165, 1.54) is 4.90 Å². The Balaban J connectivity index is 2.63. The number of carbonyl (C=O) groups is 2. The zero-order valence-electron chi connectivity index (χ0n) is 12.7. The number of ether oxygens (including phenoxy) is 2. The second-order valence-electron chi connectivity index (χ2n) is 5.93. The van der Waals surface area contributed by atoms with E-state index in [0.29, 0.717) is 26.0 Å². The predicted octanol–water partition coefficient (Wildman–Crippen LogP) is 2.90. The standard InChI is InChI=1S/C15H25NO4/c1-5-6-11-19-13(17)12-9-7-8-10-16(12)14(18)20-15(2,3)4/h5,12H,1,6-11H2,2-4H3/t12-/m0/s1. The molecule has 1 heterocycles. The Morgan fingerprint density at radius 2 is 2.05 bits per heavy atom. The Hall–Kier alpha value is -1.52. The molecule has 0 radical (unpaired) electrons. The van der Waals surface area contributed by atoms with Gasteiger partial charge in [0.05, 0.1) is 6.61 Å². The van der Waals surface area contributed by atoms with Gasteiger partial charge in [-0.1, -0.05) is 6.08 Å². The summed E-state index contributed by atoms with van der Waals surface area (Å²) >= 11 is 0. The Morgan fingerprint density at radius 1 is 1.35 bits per heavy atom. The van der Waals surface area contributed by atoms with Crippen molar-refractivity contribution < 1.29 is 19.1 Å². The SMILES string of the molecule is C=CCCOC(=O)[C@@H]1CCCCN1C(=O)OC(C)(C)C. The van der Waals surface area contributed by atoms with Crippen LogP contribution in [0, 0.1) is 0 Å². The quantitative estimate of drug-likeness (QED) is 0.452.